The lowest BCUT2D eigenvalue weighted by Gasteiger charge is -2.20. The number of ether oxygens (including phenoxy) is 1. The number of benzene rings is 1. The van der Waals surface area contributed by atoms with Crippen molar-refractivity contribution in [3.05, 3.63) is 42.2 Å². The van der Waals surface area contributed by atoms with E-state index in [9.17, 15) is 0 Å². The van der Waals surface area contributed by atoms with Crippen molar-refractivity contribution in [3.63, 3.8) is 0 Å². The van der Waals surface area contributed by atoms with Gasteiger partial charge in [0.2, 0.25) is 0 Å². The van der Waals surface area contributed by atoms with Gasteiger partial charge in [0.05, 0.1) is 11.4 Å². The zero-order valence-corrected chi connectivity index (χ0v) is 7.60. The summed E-state index contributed by atoms with van der Waals surface area (Å²) in [6, 6.07) is 9.80. The van der Waals surface area contributed by atoms with Crippen LogP contribution >= 0.6 is 0 Å². The maximum atomic E-state index is 5.69. The monoisotopic (exact) mass is 186 g/mol. The molecule has 2 heterocycles. The van der Waals surface area contributed by atoms with Crippen LogP contribution in [0.4, 0.5) is 5.69 Å². The zero-order valence-electron chi connectivity index (χ0n) is 7.60. The van der Waals surface area contributed by atoms with Gasteiger partial charge >= 0.3 is 0 Å². The Morgan fingerprint density at radius 1 is 1.29 bits per heavy atom. The average molecular weight is 186 g/mol. The highest BCUT2D eigenvalue weighted by atomic mass is 16.5. The number of hydrogen-bond acceptors (Lipinski definition) is 2. The number of nitrogens with zero attached hydrogens (tertiary/aromatic N) is 1. The molecule has 3 nitrogen and oxygen atoms in total. The summed E-state index contributed by atoms with van der Waals surface area (Å²) in [7, 11) is 0. The fourth-order valence-electron chi connectivity index (χ4n) is 1.77. The number of rotatable bonds is 0. The molecule has 0 unspecified atom stereocenters. The number of nitrogen functional groups attached to an aromatic ring is 1. The van der Waals surface area contributed by atoms with Crippen LogP contribution in [0.1, 0.15) is 5.69 Å². The third kappa shape index (κ3) is 0.923. The first-order chi connectivity index (χ1) is 6.84. The molecule has 0 radical (unpaired) electrons. The van der Waals surface area contributed by atoms with Crippen molar-refractivity contribution < 1.29 is 4.74 Å². The molecule has 14 heavy (non-hydrogen) atoms. The van der Waals surface area contributed by atoms with Crippen LogP contribution in [-0.2, 0) is 6.61 Å². The fraction of sp³-hybridized carbons (Fsp3) is 0.0909. The molecule has 0 bridgehead atoms. The largest absolute Gasteiger partial charge is 0.485 e. The Morgan fingerprint density at radius 3 is 3.14 bits per heavy atom. The van der Waals surface area contributed by atoms with Crippen LogP contribution in [0.25, 0.3) is 5.69 Å². The summed E-state index contributed by atoms with van der Waals surface area (Å²) in [4.78, 5) is 0. The standard InChI is InChI=1S/C11H10N2O/c12-8-3-4-10-11(6-8)14-7-9-2-1-5-13(9)10/h1-6H,7,12H2. The van der Waals surface area contributed by atoms with Crippen LogP contribution in [0, 0.1) is 0 Å². The van der Waals surface area contributed by atoms with Crippen molar-refractivity contribution >= 4 is 5.69 Å². The Kier molecular flexibility index (Phi) is 1.36. The van der Waals surface area contributed by atoms with Gasteiger partial charge < -0.3 is 15.0 Å². The summed E-state index contributed by atoms with van der Waals surface area (Å²) in [5.41, 5.74) is 8.65. The molecule has 0 saturated heterocycles. The van der Waals surface area contributed by atoms with Crippen LogP contribution in [0.5, 0.6) is 5.75 Å². The molecule has 3 heteroatoms. The molecule has 1 aliphatic rings. The summed E-state index contributed by atoms with van der Waals surface area (Å²) in [5, 5.41) is 0. The van der Waals surface area contributed by atoms with Crippen molar-refractivity contribution in [1.29, 1.82) is 0 Å². The molecular formula is C11H10N2O. The second kappa shape index (κ2) is 2.54. The van der Waals surface area contributed by atoms with Crippen molar-refractivity contribution in [2.75, 3.05) is 5.73 Å². The molecule has 2 N–H and O–H groups in total. The molecule has 0 aliphatic carbocycles. The van der Waals surface area contributed by atoms with Crippen molar-refractivity contribution in [2.24, 2.45) is 0 Å². The highest BCUT2D eigenvalue weighted by Gasteiger charge is 2.15. The van der Waals surface area contributed by atoms with Gasteiger partial charge in [0.25, 0.3) is 0 Å². The molecular weight excluding hydrogens is 176 g/mol. The Hall–Kier alpha value is -1.90. The SMILES string of the molecule is Nc1ccc2c(c1)OCc1cccn1-2. The second-order valence-electron chi connectivity index (χ2n) is 3.39. The molecule has 1 aromatic carbocycles. The van der Waals surface area contributed by atoms with Gasteiger partial charge in [-0.2, -0.15) is 0 Å². The molecule has 0 saturated carbocycles. The molecule has 1 aromatic heterocycles. The van der Waals surface area contributed by atoms with Crippen molar-refractivity contribution in [1.82, 2.24) is 4.57 Å². The number of nitrogens with two attached hydrogens (primary N) is 1. The number of anilines is 1. The minimum atomic E-state index is 0.615. The first kappa shape index (κ1) is 7.50. The van der Waals surface area contributed by atoms with E-state index in [1.165, 1.54) is 5.69 Å². The molecule has 3 rings (SSSR count). The van der Waals surface area contributed by atoms with Gasteiger partial charge in [-0.3, -0.25) is 0 Å². The molecule has 2 aromatic rings. The smallest absolute Gasteiger partial charge is 0.145 e. The van der Waals surface area contributed by atoms with Gasteiger partial charge in [-0.15, -0.1) is 0 Å². The molecule has 0 amide bonds. The highest BCUT2D eigenvalue weighted by molar-refractivity contribution is 5.57. The van der Waals surface area contributed by atoms with Crippen LogP contribution in [0.2, 0.25) is 0 Å². The number of aromatic nitrogens is 1. The maximum absolute atomic E-state index is 5.69. The quantitative estimate of drug-likeness (QED) is 0.639. The number of fused-ring (bicyclic) bond motifs is 3. The van der Waals surface area contributed by atoms with E-state index in [0.29, 0.717) is 6.61 Å². The van der Waals surface area contributed by atoms with E-state index < -0.39 is 0 Å². The Balaban J connectivity index is 2.26. The minimum absolute atomic E-state index is 0.615. The lowest BCUT2D eigenvalue weighted by atomic mass is 10.2. The normalized spacial score (nSPS) is 12.9. The van der Waals surface area contributed by atoms with E-state index >= 15 is 0 Å². The van der Waals surface area contributed by atoms with Gasteiger partial charge in [-0.05, 0) is 24.3 Å². The van der Waals surface area contributed by atoms with Crippen molar-refractivity contribution in [3.8, 4) is 11.4 Å². The maximum Gasteiger partial charge on any atom is 0.145 e. The van der Waals surface area contributed by atoms with E-state index in [1.807, 2.05) is 30.5 Å². The number of hydrogen-bond donors (Lipinski definition) is 1. The molecule has 0 atom stereocenters. The fourth-order valence-corrected chi connectivity index (χ4v) is 1.77. The van der Waals surface area contributed by atoms with Crippen molar-refractivity contribution in [2.45, 2.75) is 6.61 Å². The van der Waals surface area contributed by atoms with E-state index in [4.69, 9.17) is 10.5 Å². The predicted octanol–water partition coefficient (Wildman–Crippen LogP) is 1.95. The van der Waals surface area contributed by atoms with Crippen LogP contribution < -0.4 is 10.5 Å². The van der Waals surface area contributed by atoms with E-state index in [-0.39, 0.29) is 0 Å². The molecule has 1 aliphatic heterocycles. The first-order valence-electron chi connectivity index (χ1n) is 4.53. The lowest BCUT2D eigenvalue weighted by molar-refractivity contribution is 0.285. The first-order valence-corrected chi connectivity index (χ1v) is 4.53. The third-order valence-electron chi connectivity index (χ3n) is 2.45. The van der Waals surface area contributed by atoms with Crippen LogP contribution in [-0.4, -0.2) is 4.57 Å². The Bertz CT molecular complexity index is 488. The summed E-state index contributed by atoms with van der Waals surface area (Å²) in [6.07, 6.45) is 2.03. The zero-order chi connectivity index (χ0) is 9.54. The third-order valence-corrected chi connectivity index (χ3v) is 2.45. The molecule has 0 spiro atoms. The molecule has 70 valence electrons. The van der Waals surface area contributed by atoms with E-state index in [2.05, 4.69) is 10.6 Å². The van der Waals surface area contributed by atoms with Gasteiger partial charge in [0.15, 0.2) is 0 Å². The van der Waals surface area contributed by atoms with Gasteiger partial charge in [0.1, 0.15) is 12.4 Å². The van der Waals surface area contributed by atoms with E-state index in [0.717, 1.165) is 17.1 Å². The van der Waals surface area contributed by atoms with Gasteiger partial charge in [-0.1, -0.05) is 0 Å². The van der Waals surface area contributed by atoms with Gasteiger partial charge in [0, 0.05) is 18.0 Å². The summed E-state index contributed by atoms with van der Waals surface area (Å²) >= 11 is 0. The lowest BCUT2D eigenvalue weighted by Crippen LogP contribution is -2.11. The minimum Gasteiger partial charge on any atom is -0.485 e. The van der Waals surface area contributed by atoms with Crippen LogP contribution in [0.15, 0.2) is 36.5 Å². The average Bonchev–Trinajstić information content (AvgIpc) is 2.65. The summed E-state index contributed by atoms with van der Waals surface area (Å²) < 4.78 is 7.71. The topological polar surface area (TPSA) is 40.2 Å². The van der Waals surface area contributed by atoms with Gasteiger partial charge in [-0.25, -0.2) is 0 Å². The molecule has 0 fully saturated rings. The second-order valence-corrected chi connectivity index (χ2v) is 3.39. The Labute approximate surface area is 81.7 Å². The van der Waals surface area contributed by atoms with Crippen LogP contribution in [0.3, 0.4) is 0 Å². The summed E-state index contributed by atoms with van der Waals surface area (Å²) in [5.74, 6) is 0.855. The Morgan fingerprint density at radius 2 is 2.21 bits per heavy atom. The van der Waals surface area contributed by atoms with E-state index in [1.54, 1.807) is 0 Å². The predicted molar refractivity (Wildman–Crippen MR) is 54.5 cm³/mol. The summed E-state index contributed by atoms with van der Waals surface area (Å²) in [6.45, 7) is 0.615. The highest BCUT2D eigenvalue weighted by Crippen LogP contribution is 2.31.